The van der Waals surface area contributed by atoms with E-state index in [-0.39, 0.29) is 17.3 Å². The van der Waals surface area contributed by atoms with E-state index in [1.807, 2.05) is 19.9 Å². The summed E-state index contributed by atoms with van der Waals surface area (Å²) in [6.45, 7) is 7.07. The fourth-order valence-corrected chi connectivity index (χ4v) is 5.48. The van der Waals surface area contributed by atoms with Gasteiger partial charge in [0.15, 0.2) is 0 Å². The number of benzene rings is 3. The number of amides is 2. The third kappa shape index (κ3) is 6.98. The molecule has 0 saturated carbocycles. The summed E-state index contributed by atoms with van der Waals surface area (Å²) >= 11 is 0. The molecule has 0 heterocycles. The van der Waals surface area contributed by atoms with E-state index in [4.69, 9.17) is 0 Å². The highest BCUT2D eigenvalue weighted by atomic mass is 32.2. The number of nitrogens with zero attached hydrogens (tertiary/aromatic N) is 2. The molecule has 2 amide bonds. The molecule has 0 bridgehead atoms. The standard InChI is InChI=1S/C29H34FN3O4S/c1-5-17-31-29(35)23(4)32(19-24-13-15-25(30)16-14-24)28(34)20-33(27-18-21(2)11-12-22(27)3)38(36,37)26-9-7-6-8-10-26/h6-16,18,23H,5,17,19-20H2,1-4H3,(H,31,35)/t23-/m0/s1. The second kappa shape index (κ2) is 12.7. The normalized spacial score (nSPS) is 12.0. The van der Waals surface area contributed by atoms with Crippen LogP contribution in [0.25, 0.3) is 0 Å². The predicted octanol–water partition coefficient (Wildman–Crippen LogP) is 4.58. The topological polar surface area (TPSA) is 86.8 Å². The van der Waals surface area contributed by atoms with Crippen molar-refractivity contribution in [2.45, 2.75) is 51.6 Å². The molecule has 0 aliphatic carbocycles. The third-order valence-electron chi connectivity index (χ3n) is 6.23. The molecule has 0 aromatic heterocycles. The summed E-state index contributed by atoms with van der Waals surface area (Å²) in [5, 5.41) is 2.80. The molecular formula is C29H34FN3O4S. The Morgan fingerprint density at radius 1 is 0.974 bits per heavy atom. The van der Waals surface area contributed by atoms with Gasteiger partial charge in [0.05, 0.1) is 10.6 Å². The monoisotopic (exact) mass is 539 g/mol. The minimum atomic E-state index is -4.12. The number of nitrogens with one attached hydrogen (secondary N) is 1. The second-order valence-corrected chi connectivity index (χ2v) is 11.1. The number of hydrogen-bond acceptors (Lipinski definition) is 4. The molecule has 202 valence electrons. The number of hydrogen-bond donors (Lipinski definition) is 1. The summed E-state index contributed by atoms with van der Waals surface area (Å²) in [5.74, 6) is -1.34. The van der Waals surface area contributed by atoms with Gasteiger partial charge in [0.1, 0.15) is 18.4 Å². The van der Waals surface area contributed by atoms with Crippen LogP contribution >= 0.6 is 0 Å². The molecule has 0 aliphatic rings. The van der Waals surface area contributed by atoms with Gasteiger partial charge in [-0.3, -0.25) is 13.9 Å². The summed E-state index contributed by atoms with van der Waals surface area (Å²) in [6.07, 6.45) is 0.722. The van der Waals surface area contributed by atoms with Gasteiger partial charge < -0.3 is 10.2 Å². The molecule has 0 saturated heterocycles. The molecule has 0 aliphatic heterocycles. The number of halogens is 1. The Balaban J connectivity index is 2.04. The Hall–Kier alpha value is -3.72. The first-order chi connectivity index (χ1) is 18.0. The van der Waals surface area contributed by atoms with Crippen molar-refractivity contribution in [3.63, 3.8) is 0 Å². The zero-order valence-corrected chi connectivity index (χ0v) is 23.0. The largest absolute Gasteiger partial charge is 0.354 e. The molecule has 7 nitrogen and oxygen atoms in total. The van der Waals surface area contributed by atoms with Gasteiger partial charge in [-0.1, -0.05) is 49.4 Å². The number of rotatable bonds is 11. The molecule has 0 spiro atoms. The lowest BCUT2D eigenvalue weighted by atomic mass is 10.1. The maximum Gasteiger partial charge on any atom is 0.264 e. The van der Waals surface area contributed by atoms with E-state index >= 15 is 0 Å². The highest BCUT2D eigenvalue weighted by Crippen LogP contribution is 2.28. The molecule has 3 aromatic rings. The highest BCUT2D eigenvalue weighted by molar-refractivity contribution is 7.92. The van der Waals surface area contributed by atoms with Gasteiger partial charge >= 0.3 is 0 Å². The van der Waals surface area contributed by atoms with Crippen LogP contribution < -0.4 is 9.62 Å². The minimum absolute atomic E-state index is 0.00580. The van der Waals surface area contributed by atoms with Crippen molar-refractivity contribution in [3.8, 4) is 0 Å². The zero-order chi connectivity index (χ0) is 27.9. The number of anilines is 1. The van der Waals surface area contributed by atoms with E-state index in [9.17, 15) is 22.4 Å². The first-order valence-electron chi connectivity index (χ1n) is 12.5. The van der Waals surface area contributed by atoms with Gasteiger partial charge in [-0.2, -0.15) is 0 Å². The van der Waals surface area contributed by atoms with Crippen molar-refractivity contribution < 1.29 is 22.4 Å². The van der Waals surface area contributed by atoms with E-state index in [0.29, 0.717) is 23.4 Å². The summed E-state index contributed by atoms with van der Waals surface area (Å²) < 4.78 is 42.3. The van der Waals surface area contributed by atoms with Crippen LogP contribution in [-0.4, -0.2) is 44.3 Å². The number of carbonyl (C=O) groups is 2. The van der Waals surface area contributed by atoms with Crippen LogP contribution in [0.3, 0.4) is 0 Å². The predicted molar refractivity (Wildman–Crippen MR) is 147 cm³/mol. The molecule has 1 N–H and O–H groups in total. The fraction of sp³-hybridized carbons (Fsp3) is 0.310. The molecule has 38 heavy (non-hydrogen) atoms. The SMILES string of the molecule is CCCNC(=O)[C@H](C)N(Cc1ccc(F)cc1)C(=O)CN(c1cc(C)ccc1C)S(=O)(=O)c1ccccc1. The summed E-state index contributed by atoms with van der Waals surface area (Å²) in [4.78, 5) is 28.1. The van der Waals surface area contributed by atoms with E-state index in [0.717, 1.165) is 16.3 Å². The van der Waals surface area contributed by atoms with Crippen molar-refractivity contribution >= 4 is 27.5 Å². The Labute approximate surface area is 224 Å². The van der Waals surface area contributed by atoms with Crippen molar-refractivity contribution in [1.82, 2.24) is 10.2 Å². The number of sulfonamides is 1. The van der Waals surface area contributed by atoms with Crippen molar-refractivity contribution in [2.75, 3.05) is 17.4 Å². The van der Waals surface area contributed by atoms with Crippen LogP contribution in [0.15, 0.2) is 77.7 Å². The van der Waals surface area contributed by atoms with Gasteiger partial charge in [0.2, 0.25) is 11.8 Å². The lowest BCUT2D eigenvalue weighted by Gasteiger charge is -2.32. The minimum Gasteiger partial charge on any atom is -0.354 e. The van der Waals surface area contributed by atoms with Crippen molar-refractivity contribution in [1.29, 1.82) is 0 Å². The molecule has 9 heteroatoms. The maximum atomic E-state index is 13.9. The van der Waals surface area contributed by atoms with Gasteiger partial charge in [0, 0.05) is 13.1 Å². The van der Waals surface area contributed by atoms with Gasteiger partial charge in [-0.25, -0.2) is 12.8 Å². The zero-order valence-electron chi connectivity index (χ0n) is 22.1. The highest BCUT2D eigenvalue weighted by Gasteiger charge is 2.33. The average molecular weight is 540 g/mol. The quantitative estimate of drug-likeness (QED) is 0.387. The van der Waals surface area contributed by atoms with Crippen molar-refractivity contribution in [3.05, 3.63) is 95.3 Å². The Kier molecular flexibility index (Phi) is 9.63. The van der Waals surface area contributed by atoms with Crippen LogP contribution in [0.5, 0.6) is 0 Å². The Morgan fingerprint density at radius 3 is 2.26 bits per heavy atom. The molecule has 0 fully saturated rings. The smallest absolute Gasteiger partial charge is 0.264 e. The Morgan fingerprint density at radius 2 is 1.63 bits per heavy atom. The van der Waals surface area contributed by atoms with E-state index in [1.165, 1.54) is 41.3 Å². The average Bonchev–Trinajstić information content (AvgIpc) is 2.91. The molecule has 3 rings (SSSR count). The Bertz CT molecular complexity index is 1360. The third-order valence-corrected chi connectivity index (χ3v) is 8.00. The summed E-state index contributed by atoms with van der Waals surface area (Å²) in [7, 11) is -4.12. The lowest BCUT2D eigenvalue weighted by Crippen LogP contribution is -2.51. The first-order valence-corrected chi connectivity index (χ1v) is 13.9. The molecule has 1 atom stereocenters. The van der Waals surface area contributed by atoms with Crippen LogP contribution in [0.4, 0.5) is 10.1 Å². The fourth-order valence-electron chi connectivity index (χ4n) is 3.99. The van der Waals surface area contributed by atoms with Crippen LogP contribution in [0.1, 0.15) is 37.0 Å². The molecule has 0 radical (unpaired) electrons. The van der Waals surface area contributed by atoms with Crippen LogP contribution in [0.2, 0.25) is 0 Å². The number of aryl methyl sites for hydroxylation is 2. The van der Waals surface area contributed by atoms with Gasteiger partial charge in [-0.15, -0.1) is 0 Å². The van der Waals surface area contributed by atoms with Gasteiger partial charge in [0.25, 0.3) is 10.0 Å². The lowest BCUT2D eigenvalue weighted by molar-refractivity contribution is -0.139. The van der Waals surface area contributed by atoms with E-state index in [1.54, 1.807) is 44.2 Å². The molecule has 0 unspecified atom stereocenters. The van der Waals surface area contributed by atoms with Crippen LogP contribution in [0, 0.1) is 19.7 Å². The summed E-state index contributed by atoms with van der Waals surface area (Å²) in [5.41, 5.74) is 2.51. The molecular weight excluding hydrogens is 505 g/mol. The van der Waals surface area contributed by atoms with Crippen LogP contribution in [-0.2, 0) is 26.2 Å². The van der Waals surface area contributed by atoms with Crippen molar-refractivity contribution in [2.24, 2.45) is 0 Å². The van der Waals surface area contributed by atoms with Gasteiger partial charge in [-0.05, 0) is 74.2 Å². The first kappa shape index (κ1) is 28.8. The van der Waals surface area contributed by atoms with E-state index in [2.05, 4.69) is 5.32 Å². The van der Waals surface area contributed by atoms with E-state index < -0.39 is 34.3 Å². The maximum absolute atomic E-state index is 13.9. The second-order valence-electron chi connectivity index (χ2n) is 9.23. The molecule has 3 aromatic carbocycles. The number of carbonyl (C=O) groups excluding carboxylic acids is 2. The summed E-state index contributed by atoms with van der Waals surface area (Å²) in [6, 6.07) is 18.1.